The molecular weight excluding hydrogens is 440 g/mol. The highest BCUT2D eigenvalue weighted by Gasteiger charge is 2.28. The molecule has 0 bridgehead atoms. The molecule has 4 rings (SSSR count). The Balaban J connectivity index is 1.35. The number of rotatable bonds is 9. The molecule has 0 aliphatic carbocycles. The van der Waals surface area contributed by atoms with E-state index < -0.39 is 0 Å². The molecule has 1 N–H and O–H groups in total. The number of hydrogen-bond donors (Lipinski definition) is 1. The van der Waals surface area contributed by atoms with Crippen molar-refractivity contribution < 1.29 is 14.0 Å². The summed E-state index contributed by atoms with van der Waals surface area (Å²) < 4.78 is 5.40. The van der Waals surface area contributed by atoms with Gasteiger partial charge >= 0.3 is 6.03 Å². The van der Waals surface area contributed by atoms with Crippen LogP contribution in [0.25, 0.3) is 0 Å². The second kappa shape index (κ2) is 12.2. The van der Waals surface area contributed by atoms with Gasteiger partial charge in [0.05, 0.1) is 18.8 Å². The molecule has 2 aromatic carbocycles. The second-order valence-electron chi connectivity index (χ2n) is 8.73. The maximum atomic E-state index is 13.0. The minimum absolute atomic E-state index is 0.0781. The summed E-state index contributed by atoms with van der Waals surface area (Å²) in [5.41, 5.74) is 2.52. The van der Waals surface area contributed by atoms with E-state index >= 15 is 0 Å². The second-order valence-corrected chi connectivity index (χ2v) is 8.73. The van der Waals surface area contributed by atoms with Crippen LogP contribution in [-0.4, -0.2) is 65.9 Å². The summed E-state index contributed by atoms with van der Waals surface area (Å²) in [7, 11) is 0. The molecule has 1 saturated heterocycles. The van der Waals surface area contributed by atoms with Gasteiger partial charge < -0.3 is 19.5 Å². The van der Waals surface area contributed by atoms with E-state index in [0.29, 0.717) is 44.9 Å². The number of urea groups is 1. The van der Waals surface area contributed by atoms with Gasteiger partial charge in [-0.25, -0.2) is 4.79 Å². The van der Waals surface area contributed by atoms with E-state index in [2.05, 4.69) is 58.7 Å². The predicted octanol–water partition coefficient (Wildman–Crippen LogP) is 4.14. The number of nitrogens with zero attached hydrogens (tertiary/aromatic N) is 3. The fourth-order valence-corrected chi connectivity index (χ4v) is 4.61. The Bertz CT molecular complexity index is 1010. The predicted molar refractivity (Wildman–Crippen MR) is 136 cm³/mol. The standard InChI is InChI=1S/C28H34N4O3/c1-2-29-28(34)32(22-25-14-9-21-35-25)16-15-26(33)30-17-19-31(20-18-30)27(23-10-5-3-6-11-23)24-12-7-4-8-13-24/h3-14,21,27H,2,15-20,22H2,1H3,(H,29,34). The zero-order chi connectivity index (χ0) is 24.5. The first-order chi connectivity index (χ1) is 17.2. The molecule has 3 aromatic rings. The minimum Gasteiger partial charge on any atom is -0.467 e. The molecule has 0 atom stereocenters. The number of carbonyl (C=O) groups excluding carboxylic acids is 2. The zero-order valence-corrected chi connectivity index (χ0v) is 20.3. The van der Waals surface area contributed by atoms with Crippen molar-refractivity contribution in [3.63, 3.8) is 0 Å². The molecule has 7 heteroatoms. The van der Waals surface area contributed by atoms with Gasteiger partial charge in [-0.2, -0.15) is 0 Å². The van der Waals surface area contributed by atoms with Crippen molar-refractivity contribution in [2.24, 2.45) is 0 Å². The van der Waals surface area contributed by atoms with Gasteiger partial charge in [-0.3, -0.25) is 9.69 Å². The first-order valence-electron chi connectivity index (χ1n) is 12.3. The summed E-state index contributed by atoms with van der Waals surface area (Å²) in [4.78, 5) is 31.5. The van der Waals surface area contributed by atoms with Crippen molar-refractivity contribution in [3.8, 4) is 0 Å². The van der Waals surface area contributed by atoms with Crippen LogP contribution in [0, 0.1) is 0 Å². The first kappa shape index (κ1) is 24.5. The molecule has 3 amide bonds. The zero-order valence-electron chi connectivity index (χ0n) is 20.3. The normalized spacial score (nSPS) is 14.2. The van der Waals surface area contributed by atoms with Gasteiger partial charge in [0.15, 0.2) is 0 Å². The van der Waals surface area contributed by atoms with Crippen LogP contribution >= 0.6 is 0 Å². The summed E-state index contributed by atoms with van der Waals surface area (Å²) in [6.45, 7) is 6.05. The number of carbonyl (C=O) groups is 2. The monoisotopic (exact) mass is 474 g/mol. The van der Waals surface area contributed by atoms with Gasteiger partial charge in [0.25, 0.3) is 0 Å². The summed E-state index contributed by atoms with van der Waals surface area (Å²) in [5.74, 6) is 0.777. The van der Waals surface area contributed by atoms with E-state index in [9.17, 15) is 9.59 Å². The highest BCUT2D eigenvalue weighted by molar-refractivity contribution is 5.78. The Labute approximate surface area is 207 Å². The van der Waals surface area contributed by atoms with Crippen LogP contribution in [0.5, 0.6) is 0 Å². The Hall–Kier alpha value is -3.58. The lowest BCUT2D eigenvalue weighted by molar-refractivity contribution is -0.133. The van der Waals surface area contributed by atoms with Crippen LogP contribution < -0.4 is 5.32 Å². The minimum atomic E-state index is -0.185. The highest BCUT2D eigenvalue weighted by Crippen LogP contribution is 2.29. The number of piperazine rings is 1. The molecule has 7 nitrogen and oxygen atoms in total. The van der Waals surface area contributed by atoms with Crippen LogP contribution in [0.2, 0.25) is 0 Å². The maximum Gasteiger partial charge on any atom is 0.317 e. The van der Waals surface area contributed by atoms with Crippen molar-refractivity contribution in [2.75, 3.05) is 39.3 Å². The molecule has 0 unspecified atom stereocenters. The molecule has 0 spiro atoms. The van der Waals surface area contributed by atoms with Crippen molar-refractivity contribution in [3.05, 3.63) is 95.9 Å². The summed E-state index contributed by atoms with van der Waals surface area (Å²) >= 11 is 0. The van der Waals surface area contributed by atoms with Gasteiger partial charge in [0, 0.05) is 45.7 Å². The quantitative estimate of drug-likeness (QED) is 0.506. The number of benzene rings is 2. The van der Waals surface area contributed by atoms with Gasteiger partial charge in [-0.1, -0.05) is 60.7 Å². The number of nitrogens with one attached hydrogen (secondary N) is 1. The molecule has 35 heavy (non-hydrogen) atoms. The van der Waals surface area contributed by atoms with E-state index in [0.717, 1.165) is 13.1 Å². The first-order valence-corrected chi connectivity index (χ1v) is 12.3. The van der Waals surface area contributed by atoms with Gasteiger partial charge in [0.1, 0.15) is 5.76 Å². The molecule has 1 aliphatic rings. The summed E-state index contributed by atoms with van der Waals surface area (Å²) in [6, 6.07) is 24.7. The van der Waals surface area contributed by atoms with E-state index in [-0.39, 0.29) is 18.0 Å². The summed E-state index contributed by atoms with van der Waals surface area (Å²) in [6.07, 6.45) is 1.88. The topological polar surface area (TPSA) is 69.0 Å². The van der Waals surface area contributed by atoms with Gasteiger partial charge in [0.2, 0.25) is 5.91 Å². The fourth-order valence-electron chi connectivity index (χ4n) is 4.61. The number of amides is 3. The van der Waals surface area contributed by atoms with E-state index in [1.807, 2.05) is 30.0 Å². The third-order valence-corrected chi connectivity index (χ3v) is 6.40. The van der Waals surface area contributed by atoms with Gasteiger partial charge in [-0.15, -0.1) is 0 Å². The number of furan rings is 1. The lowest BCUT2D eigenvalue weighted by atomic mass is 9.96. The Morgan fingerprint density at radius 1 is 0.914 bits per heavy atom. The van der Waals surface area contributed by atoms with Crippen molar-refractivity contribution in [1.82, 2.24) is 20.0 Å². The van der Waals surface area contributed by atoms with Crippen LogP contribution in [-0.2, 0) is 11.3 Å². The lowest BCUT2D eigenvalue weighted by Crippen LogP contribution is -2.50. The van der Waals surface area contributed by atoms with Crippen LogP contribution in [0.4, 0.5) is 4.79 Å². The Morgan fingerprint density at radius 2 is 1.54 bits per heavy atom. The average molecular weight is 475 g/mol. The summed E-state index contributed by atoms with van der Waals surface area (Å²) in [5, 5.41) is 2.82. The van der Waals surface area contributed by atoms with E-state index in [1.165, 1.54) is 11.1 Å². The molecule has 1 aromatic heterocycles. The van der Waals surface area contributed by atoms with Crippen molar-refractivity contribution in [2.45, 2.75) is 25.9 Å². The van der Waals surface area contributed by atoms with Crippen molar-refractivity contribution in [1.29, 1.82) is 0 Å². The molecule has 2 heterocycles. The highest BCUT2D eigenvalue weighted by atomic mass is 16.3. The Morgan fingerprint density at radius 3 is 2.09 bits per heavy atom. The van der Waals surface area contributed by atoms with Gasteiger partial charge in [-0.05, 0) is 30.2 Å². The lowest BCUT2D eigenvalue weighted by Gasteiger charge is -2.40. The molecule has 1 aliphatic heterocycles. The molecular formula is C28H34N4O3. The largest absolute Gasteiger partial charge is 0.467 e. The van der Waals surface area contributed by atoms with Crippen LogP contribution in [0.1, 0.15) is 36.3 Å². The average Bonchev–Trinajstić information content (AvgIpc) is 3.42. The van der Waals surface area contributed by atoms with Crippen LogP contribution in [0.3, 0.4) is 0 Å². The fraction of sp³-hybridized carbons (Fsp3) is 0.357. The third-order valence-electron chi connectivity index (χ3n) is 6.40. The van der Waals surface area contributed by atoms with Crippen LogP contribution in [0.15, 0.2) is 83.5 Å². The molecule has 184 valence electrons. The smallest absolute Gasteiger partial charge is 0.317 e. The third kappa shape index (κ3) is 6.51. The molecule has 0 saturated carbocycles. The Kier molecular flexibility index (Phi) is 8.57. The maximum absolute atomic E-state index is 13.0. The van der Waals surface area contributed by atoms with Crippen molar-refractivity contribution >= 4 is 11.9 Å². The van der Waals surface area contributed by atoms with E-state index in [4.69, 9.17) is 4.42 Å². The SMILES string of the molecule is CCNC(=O)N(CCC(=O)N1CCN(C(c2ccccc2)c2ccccc2)CC1)Cc1ccco1. The van der Waals surface area contributed by atoms with E-state index in [1.54, 1.807) is 17.2 Å². The number of hydrogen-bond acceptors (Lipinski definition) is 4. The molecule has 1 fully saturated rings. The molecule has 0 radical (unpaired) electrons.